The van der Waals surface area contributed by atoms with Crippen molar-refractivity contribution in [2.45, 2.75) is 26.5 Å². The Labute approximate surface area is 146 Å². The highest BCUT2D eigenvalue weighted by atomic mass is 79.9. The number of aliphatic hydroxyl groups excluding tert-OH is 1. The molecule has 0 bridgehead atoms. The number of benzene rings is 1. The summed E-state index contributed by atoms with van der Waals surface area (Å²) < 4.78 is 12.7. The van der Waals surface area contributed by atoms with Gasteiger partial charge in [-0.05, 0) is 32.0 Å². The largest absolute Gasteiger partial charge is 0.491 e. The van der Waals surface area contributed by atoms with Crippen molar-refractivity contribution >= 4 is 26.8 Å². The Morgan fingerprint density at radius 3 is 2.96 bits per heavy atom. The first-order valence-corrected chi connectivity index (χ1v) is 8.15. The summed E-state index contributed by atoms with van der Waals surface area (Å²) in [6, 6.07) is 7.30. The molecule has 7 nitrogen and oxygen atoms in total. The normalized spacial score (nSPS) is 12.5. The molecular weight excluding hydrogens is 378 g/mol. The number of aliphatic hydroxyl groups is 1. The van der Waals surface area contributed by atoms with Gasteiger partial charge in [-0.3, -0.25) is 4.79 Å². The number of aryl methyl sites for hydroxylation is 2. The maximum Gasteiger partial charge on any atom is 0.296 e. The van der Waals surface area contributed by atoms with Crippen molar-refractivity contribution in [1.29, 1.82) is 0 Å². The van der Waals surface area contributed by atoms with Gasteiger partial charge in [-0.15, -0.1) is 0 Å². The Morgan fingerprint density at radius 2 is 2.21 bits per heavy atom. The smallest absolute Gasteiger partial charge is 0.296 e. The molecule has 0 spiro atoms. The van der Waals surface area contributed by atoms with Crippen molar-refractivity contribution in [1.82, 2.24) is 14.9 Å². The average molecular weight is 394 g/mol. The molecule has 2 aromatic heterocycles. The van der Waals surface area contributed by atoms with Gasteiger partial charge >= 0.3 is 0 Å². The van der Waals surface area contributed by atoms with Crippen LogP contribution in [-0.2, 0) is 6.54 Å². The summed E-state index contributed by atoms with van der Waals surface area (Å²) in [4.78, 5) is 12.4. The zero-order chi connectivity index (χ0) is 17.3. The number of hydrogen-bond acceptors (Lipinski definition) is 6. The number of halogens is 1. The first-order valence-electron chi connectivity index (χ1n) is 7.36. The minimum Gasteiger partial charge on any atom is -0.491 e. The molecule has 24 heavy (non-hydrogen) atoms. The van der Waals surface area contributed by atoms with Crippen molar-refractivity contribution in [3.05, 3.63) is 50.5 Å². The molecule has 0 aliphatic rings. The maximum atomic E-state index is 12.4. The van der Waals surface area contributed by atoms with Crippen molar-refractivity contribution < 1.29 is 14.4 Å². The van der Waals surface area contributed by atoms with Crippen LogP contribution in [0.4, 0.5) is 0 Å². The highest BCUT2D eigenvalue weighted by Crippen LogP contribution is 2.18. The van der Waals surface area contributed by atoms with Gasteiger partial charge in [0.15, 0.2) is 5.52 Å². The summed E-state index contributed by atoms with van der Waals surface area (Å²) in [6.07, 6.45) is -0.890. The van der Waals surface area contributed by atoms with E-state index in [1.165, 1.54) is 4.68 Å². The Balaban J connectivity index is 1.75. The number of nitrogens with zero attached hydrogens (tertiary/aromatic N) is 3. The van der Waals surface area contributed by atoms with Crippen LogP contribution in [0.3, 0.4) is 0 Å². The summed E-state index contributed by atoms with van der Waals surface area (Å²) in [5.74, 6) is 1.18. The zero-order valence-corrected chi connectivity index (χ0v) is 14.8. The van der Waals surface area contributed by atoms with E-state index in [9.17, 15) is 9.90 Å². The third kappa shape index (κ3) is 3.34. The molecule has 2 heterocycles. The Morgan fingerprint density at radius 1 is 1.42 bits per heavy atom. The monoisotopic (exact) mass is 393 g/mol. The maximum absolute atomic E-state index is 12.4. The fourth-order valence-corrected chi connectivity index (χ4v) is 2.85. The summed E-state index contributed by atoms with van der Waals surface area (Å²) in [5, 5.41) is 18.8. The summed E-state index contributed by atoms with van der Waals surface area (Å²) in [5.41, 5.74) is 0.456. The fourth-order valence-electron chi connectivity index (χ4n) is 2.47. The first-order chi connectivity index (χ1) is 11.5. The molecule has 3 rings (SSSR count). The summed E-state index contributed by atoms with van der Waals surface area (Å²) >= 11 is 3.35. The molecule has 0 radical (unpaired) electrons. The van der Waals surface area contributed by atoms with Gasteiger partial charge in [0.2, 0.25) is 0 Å². The second-order valence-electron chi connectivity index (χ2n) is 5.46. The van der Waals surface area contributed by atoms with Gasteiger partial charge in [0.05, 0.1) is 17.6 Å². The number of fused-ring (bicyclic) bond motifs is 1. The van der Waals surface area contributed by atoms with Crippen LogP contribution in [0.15, 0.2) is 38.1 Å². The molecule has 0 amide bonds. The van der Waals surface area contributed by atoms with Crippen molar-refractivity contribution in [3.8, 4) is 5.75 Å². The van der Waals surface area contributed by atoms with Crippen LogP contribution in [0.5, 0.6) is 5.75 Å². The lowest BCUT2D eigenvalue weighted by molar-refractivity contribution is 0.0880. The minimum absolute atomic E-state index is 0.00945. The molecule has 0 aliphatic carbocycles. The standard InChI is InChI=1S/C16H16BrN3O4/c1-9-14-10(2)24-19-15(14)16(22)20(18-9)7-12(21)8-23-13-5-3-4-11(17)6-13/h3-6,12,21H,7-8H2,1-2H3. The summed E-state index contributed by atoms with van der Waals surface area (Å²) in [6.45, 7) is 3.55. The highest BCUT2D eigenvalue weighted by molar-refractivity contribution is 9.10. The van der Waals surface area contributed by atoms with E-state index in [0.717, 1.165) is 4.47 Å². The second kappa shape index (κ2) is 6.74. The topological polar surface area (TPSA) is 90.4 Å². The molecule has 0 aliphatic heterocycles. The van der Waals surface area contributed by atoms with E-state index < -0.39 is 11.7 Å². The molecule has 126 valence electrons. The predicted molar refractivity (Wildman–Crippen MR) is 91.2 cm³/mol. The van der Waals surface area contributed by atoms with E-state index in [2.05, 4.69) is 26.2 Å². The van der Waals surface area contributed by atoms with Gasteiger partial charge in [-0.1, -0.05) is 27.2 Å². The zero-order valence-electron chi connectivity index (χ0n) is 13.2. The number of rotatable bonds is 5. The minimum atomic E-state index is -0.890. The first kappa shape index (κ1) is 16.7. The van der Waals surface area contributed by atoms with Gasteiger partial charge in [0.1, 0.15) is 24.2 Å². The molecule has 1 aromatic carbocycles. The van der Waals surface area contributed by atoms with Crippen LogP contribution in [-0.4, -0.2) is 32.8 Å². The quantitative estimate of drug-likeness (QED) is 0.714. The molecule has 1 N–H and O–H groups in total. The van der Waals surface area contributed by atoms with Gasteiger partial charge in [-0.25, -0.2) is 4.68 Å². The Bertz CT molecular complexity index is 935. The molecule has 3 aromatic rings. The van der Waals surface area contributed by atoms with Gasteiger partial charge in [0, 0.05) is 4.47 Å². The molecule has 8 heteroatoms. The lowest BCUT2D eigenvalue weighted by Gasteiger charge is -2.13. The van der Waals surface area contributed by atoms with E-state index in [-0.39, 0.29) is 18.7 Å². The van der Waals surface area contributed by atoms with E-state index in [4.69, 9.17) is 9.26 Å². The predicted octanol–water partition coefficient (Wildman–Crippen LogP) is 2.20. The SMILES string of the molecule is Cc1nn(CC(O)COc2cccc(Br)c2)c(=O)c2noc(C)c12. The van der Waals surface area contributed by atoms with Crippen LogP contribution in [0.2, 0.25) is 0 Å². The molecule has 1 atom stereocenters. The van der Waals surface area contributed by atoms with Gasteiger partial charge < -0.3 is 14.4 Å². The van der Waals surface area contributed by atoms with Crippen LogP contribution in [0.1, 0.15) is 11.5 Å². The van der Waals surface area contributed by atoms with E-state index in [1.54, 1.807) is 26.0 Å². The van der Waals surface area contributed by atoms with Crippen LogP contribution in [0.25, 0.3) is 10.9 Å². The van der Waals surface area contributed by atoms with Crippen molar-refractivity contribution in [2.75, 3.05) is 6.61 Å². The highest BCUT2D eigenvalue weighted by Gasteiger charge is 2.17. The van der Waals surface area contributed by atoms with Crippen LogP contribution in [0, 0.1) is 13.8 Å². The number of ether oxygens (including phenoxy) is 1. The van der Waals surface area contributed by atoms with Crippen molar-refractivity contribution in [3.63, 3.8) is 0 Å². The second-order valence-corrected chi connectivity index (χ2v) is 6.37. The molecule has 1 unspecified atom stereocenters. The number of aromatic nitrogens is 3. The molecule has 0 fully saturated rings. The lowest BCUT2D eigenvalue weighted by atomic mass is 10.2. The van der Waals surface area contributed by atoms with E-state index >= 15 is 0 Å². The third-order valence-electron chi connectivity index (χ3n) is 3.55. The summed E-state index contributed by atoms with van der Waals surface area (Å²) in [7, 11) is 0. The van der Waals surface area contributed by atoms with Gasteiger partial charge in [-0.2, -0.15) is 5.10 Å². The Hall–Kier alpha value is -2.19. The van der Waals surface area contributed by atoms with E-state index in [1.807, 2.05) is 12.1 Å². The van der Waals surface area contributed by atoms with E-state index in [0.29, 0.717) is 22.6 Å². The fraction of sp³-hybridized carbons (Fsp3) is 0.312. The number of hydrogen-bond donors (Lipinski definition) is 1. The van der Waals surface area contributed by atoms with Crippen LogP contribution >= 0.6 is 15.9 Å². The Kier molecular flexibility index (Phi) is 4.68. The average Bonchev–Trinajstić information content (AvgIpc) is 2.93. The molecule has 0 saturated carbocycles. The molecular formula is C16H16BrN3O4. The van der Waals surface area contributed by atoms with Gasteiger partial charge in [0.25, 0.3) is 5.56 Å². The molecule has 0 saturated heterocycles. The van der Waals surface area contributed by atoms with Crippen molar-refractivity contribution in [2.24, 2.45) is 0 Å². The third-order valence-corrected chi connectivity index (χ3v) is 4.05. The lowest BCUT2D eigenvalue weighted by Crippen LogP contribution is -2.32. The van der Waals surface area contributed by atoms with Crippen LogP contribution < -0.4 is 10.3 Å².